The summed E-state index contributed by atoms with van der Waals surface area (Å²) in [5, 5.41) is 8.78. The molecule has 0 aromatic heterocycles. The summed E-state index contributed by atoms with van der Waals surface area (Å²) >= 11 is 0. The van der Waals surface area contributed by atoms with E-state index in [1.165, 1.54) is 5.01 Å². The zero-order valence-electron chi connectivity index (χ0n) is 6.50. The molecule has 2 rings (SSSR count). The van der Waals surface area contributed by atoms with Crippen molar-refractivity contribution >= 4 is 11.6 Å². The summed E-state index contributed by atoms with van der Waals surface area (Å²) in [6, 6.07) is 0. The molecular weight excluding hydrogens is 142 g/mol. The van der Waals surface area contributed by atoms with Gasteiger partial charge in [-0.05, 0) is 0 Å². The van der Waals surface area contributed by atoms with Crippen molar-refractivity contribution in [1.82, 2.24) is 10.3 Å². The Morgan fingerprint density at radius 3 is 3.27 bits per heavy atom. The van der Waals surface area contributed by atoms with Crippen LogP contribution in [-0.4, -0.2) is 36.8 Å². The van der Waals surface area contributed by atoms with Gasteiger partial charge in [0.15, 0.2) is 0 Å². The third-order valence-electron chi connectivity index (χ3n) is 2.20. The number of rotatable bonds is 0. The number of hydrogen-bond donors (Lipinski definition) is 1. The van der Waals surface area contributed by atoms with Crippen molar-refractivity contribution in [3.05, 3.63) is 0 Å². The van der Waals surface area contributed by atoms with Gasteiger partial charge in [0.25, 0.3) is 5.91 Å². The van der Waals surface area contributed by atoms with E-state index in [1.807, 2.05) is 0 Å². The van der Waals surface area contributed by atoms with Gasteiger partial charge in [0, 0.05) is 26.6 Å². The second-order valence-corrected chi connectivity index (χ2v) is 2.96. The molecule has 0 unspecified atom stereocenters. The van der Waals surface area contributed by atoms with Crippen molar-refractivity contribution in [2.45, 2.75) is 6.42 Å². The van der Waals surface area contributed by atoms with Crippen molar-refractivity contribution < 1.29 is 4.79 Å². The lowest BCUT2D eigenvalue weighted by Crippen LogP contribution is -2.39. The van der Waals surface area contributed by atoms with Gasteiger partial charge in [0.2, 0.25) is 0 Å². The molecule has 0 spiro atoms. The number of nitrogens with zero attached hydrogens (tertiary/aromatic N) is 2. The van der Waals surface area contributed by atoms with E-state index in [4.69, 9.17) is 0 Å². The maximum absolute atomic E-state index is 11.3. The van der Waals surface area contributed by atoms with Crippen LogP contribution in [0.15, 0.2) is 5.10 Å². The normalized spacial score (nSPS) is 30.3. The fraction of sp³-hybridized carbons (Fsp3) is 0.714. The molecule has 0 radical (unpaired) electrons. The largest absolute Gasteiger partial charge is 0.315 e. The quantitative estimate of drug-likeness (QED) is 0.506. The summed E-state index contributed by atoms with van der Waals surface area (Å²) in [6.45, 7) is 1.72. The average molecular weight is 153 g/mol. The highest BCUT2D eigenvalue weighted by Gasteiger charge is 2.34. The maximum Gasteiger partial charge on any atom is 0.252 e. The number of carbonyl (C=O) groups excluding carboxylic acids is 1. The SMILES string of the molecule is CN1N=C2CCNC[C@H]2C1=O. The second kappa shape index (κ2) is 2.30. The van der Waals surface area contributed by atoms with Crippen LogP contribution in [0.1, 0.15) is 6.42 Å². The molecule has 1 amide bonds. The Kier molecular flexibility index (Phi) is 1.42. The van der Waals surface area contributed by atoms with E-state index in [0.29, 0.717) is 0 Å². The molecule has 11 heavy (non-hydrogen) atoms. The molecule has 0 aromatic rings. The third-order valence-corrected chi connectivity index (χ3v) is 2.20. The van der Waals surface area contributed by atoms with Crippen LogP contribution in [0.2, 0.25) is 0 Å². The molecule has 1 atom stereocenters. The minimum atomic E-state index is 0.0359. The van der Waals surface area contributed by atoms with Gasteiger partial charge in [-0.25, -0.2) is 5.01 Å². The number of nitrogens with one attached hydrogen (secondary N) is 1. The first kappa shape index (κ1) is 6.79. The van der Waals surface area contributed by atoms with Crippen molar-refractivity contribution in [2.75, 3.05) is 20.1 Å². The lowest BCUT2D eigenvalue weighted by Gasteiger charge is -2.17. The number of hydrazone groups is 1. The van der Waals surface area contributed by atoms with Crippen LogP contribution in [0.4, 0.5) is 0 Å². The number of amides is 1. The first-order chi connectivity index (χ1) is 5.29. The molecule has 0 aromatic carbocycles. The van der Waals surface area contributed by atoms with Gasteiger partial charge >= 0.3 is 0 Å². The van der Waals surface area contributed by atoms with Crippen LogP contribution in [0, 0.1) is 5.92 Å². The van der Waals surface area contributed by atoms with Crippen LogP contribution in [-0.2, 0) is 4.79 Å². The lowest BCUT2D eigenvalue weighted by molar-refractivity contribution is -0.130. The Labute approximate surface area is 65.3 Å². The Hall–Kier alpha value is -0.900. The topological polar surface area (TPSA) is 44.7 Å². The minimum Gasteiger partial charge on any atom is -0.315 e. The highest BCUT2D eigenvalue weighted by atomic mass is 16.2. The Morgan fingerprint density at radius 2 is 2.55 bits per heavy atom. The number of hydrogen-bond acceptors (Lipinski definition) is 3. The third kappa shape index (κ3) is 0.939. The maximum atomic E-state index is 11.3. The molecule has 0 saturated carbocycles. The summed E-state index contributed by atoms with van der Waals surface area (Å²) in [6.07, 6.45) is 0.917. The van der Waals surface area contributed by atoms with E-state index in [2.05, 4.69) is 10.4 Å². The van der Waals surface area contributed by atoms with E-state index in [-0.39, 0.29) is 11.8 Å². The number of piperidine rings is 1. The zero-order valence-corrected chi connectivity index (χ0v) is 6.50. The lowest BCUT2D eigenvalue weighted by atomic mass is 9.98. The Morgan fingerprint density at radius 1 is 1.73 bits per heavy atom. The molecule has 1 saturated heterocycles. The molecule has 2 aliphatic rings. The standard InChI is InChI=1S/C7H11N3O/c1-10-7(11)5-4-8-3-2-6(5)9-10/h5,8H,2-4H2,1H3/t5-/m1/s1. The molecule has 2 heterocycles. The van der Waals surface area contributed by atoms with Gasteiger partial charge in [-0.15, -0.1) is 0 Å². The molecule has 1 N–H and O–H groups in total. The van der Waals surface area contributed by atoms with Crippen molar-refractivity contribution in [1.29, 1.82) is 0 Å². The predicted molar refractivity (Wildman–Crippen MR) is 41.2 cm³/mol. The van der Waals surface area contributed by atoms with Gasteiger partial charge in [0.1, 0.15) is 0 Å². The predicted octanol–water partition coefficient (Wildman–Crippen LogP) is -0.576. The van der Waals surface area contributed by atoms with Gasteiger partial charge in [-0.3, -0.25) is 4.79 Å². The highest BCUT2D eigenvalue weighted by Crippen LogP contribution is 2.17. The summed E-state index contributed by atoms with van der Waals surface area (Å²) in [5.41, 5.74) is 1.05. The monoisotopic (exact) mass is 153 g/mol. The van der Waals surface area contributed by atoms with E-state index < -0.39 is 0 Å². The van der Waals surface area contributed by atoms with Crippen molar-refractivity contribution in [3.63, 3.8) is 0 Å². The van der Waals surface area contributed by atoms with Gasteiger partial charge in [0.05, 0.1) is 11.6 Å². The van der Waals surface area contributed by atoms with Crippen LogP contribution in [0.25, 0.3) is 0 Å². The van der Waals surface area contributed by atoms with Crippen LogP contribution in [0.3, 0.4) is 0 Å². The van der Waals surface area contributed by atoms with Gasteiger partial charge in [-0.1, -0.05) is 0 Å². The van der Waals surface area contributed by atoms with E-state index in [0.717, 1.165) is 25.2 Å². The molecule has 4 heteroatoms. The molecule has 4 nitrogen and oxygen atoms in total. The van der Waals surface area contributed by atoms with Crippen molar-refractivity contribution in [2.24, 2.45) is 11.0 Å². The second-order valence-electron chi connectivity index (χ2n) is 2.96. The Bertz CT molecular complexity index is 224. The molecule has 0 bridgehead atoms. The molecular formula is C7H11N3O. The first-order valence-corrected chi connectivity index (χ1v) is 3.84. The van der Waals surface area contributed by atoms with E-state index in [1.54, 1.807) is 7.05 Å². The van der Waals surface area contributed by atoms with Gasteiger partial charge in [-0.2, -0.15) is 5.10 Å². The molecule has 60 valence electrons. The first-order valence-electron chi connectivity index (χ1n) is 3.84. The van der Waals surface area contributed by atoms with Crippen molar-refractivity contribution in [3.8, 4) is 0 Å². The van der Waals surface area contributed by atoms with E-state index >= 15 is 0 Å². The molecule has 1 fully saturated rings. The van der Waals surface area contributed by atoms with Crippen LogP contribution in [0.5, 0.6) is 0 Å². The fourth-order valence-electron chi connectivity index (χ4n) is 1.57. The summed E-state index contributed by atoms with van der Waals surface area (Å²) < 4.78 is 0. The van der Waals surface area contributed by atoms with E-state index in [9.17, 15) is 4.79 Å². The Balaban J connectivity index is 2.22. The van der Waals surface area contributed by atoms with Crippen LogP contribution < -0.4 is 5.32 Å². The summed E-state index contributed by atoms with van der Waals surface area (Å²) in [7, 11) is 1.72. The zero-order chi connectivity index (χ0) is 7.84. The summed E-state index contributed by atoms with van der Waals surface area (Å²) in [5.74, 6) is 0.168. The molecule has 0 aliphatic carbocycles. The minimum absolute atomic E-state index is 0.0359. The molecule has 2 aliphatic heterocycles. The number of carbonyl (C=O) groups is 1. The highest BCUT2D eigenvalue weighted by molar-refractivity contribution is 6.08. The summed E-state index contributed by atoms with van der Waals surface area (Å²) in [4.78, 5) is 11.3. The van der Waals surface area contributed by atoms with Gasteiger partial charge < -0.3 is 5.32 Å². The average Bonchev–Trinajstić information content (AvgIpc) is 2.30. The fourth-order valence-corrected chi connectivity index (χ4v) is 1.57. The smallest absolute Gasteiger partial charge is 0.252 e. The van der Waals surface area contributed by atoms with Crippen LogP contribution >= 0.6 is 0 Å². The number of fused-ring (bicyclic) bond motifs is 1.